The molecular weight excluding hydrogens is 622 g/mol. The third-order valence-corrected chi connectivity index (χ3v) is 6.23. The van der Waals surface area contributed by atoms with Gasteiger partial charge in [-0.2, -0.15) is 0 Å². The average Bonchev–Trinajstić information content (AvgIpc) is 2.92. The highest BCUT2D eigenvalue weighted by Gasteiger charge is 2.20. The number of primary amides is 1. The van der Waals surface area contributed by atoms with E-state index in [2.05, 4.69) is 33.1 Å². The first kappa shape index (κ1) is 31.3. The van der Waals surface area contributed by atoms with Crippen LogP contribution in [0.1, 0.15) is 21.0 Å². The highest BCUT2D eigenvalue weighted by Crippen LogP contribution is 2.31. The lowest BCUT2D eigenvalue weighted by Crippen LogP contribution is -2.30. The number of rotatable bonds is 8. The Kier molecular flexibility index (Phi) is 10.6. The lowest BCUT2D eigenvalue weighted by molar-refractivity contribution is 0.0937. The number of ether oxygens (including phenoxy) is 2. The van der Waals surface area contributed by atoms with Gasteiger partial charge in [0.25, 0.3) is 11.8 Å². The Morgan fingerprint density at radius 2 is 1.37 bits per heavy atom. The van der Waals surface area contributed by atoms with Crippen molar-refractivity contribution in [2.24, 2.45) is 5.73 Å². The van der Waals surface area contributed by atoms with E-state index in [9.17, 15) is 14.4 Å². The summed E-state index contributed by atoms with van der Waals surface area (Å²) in [5.41, 5.74) is 6.27. The number of benzene rings is 2. The fourth-order valence-corrected chi connectivity index (χ4v) is 3.70. The summed E-state index contributed by atoms with van der Waals surface area (Å²) < 4.78 is 10.5. The zero-order chi connectivity index (χ0) is 30.3. The molecule has 0 atom stereocenters. The van der Waals surface area contributed by atoms with Crippen molar-refractivity contribution in [1.29, 1.82) is 0 Å². The maximum atomic E-state index is 11.9. The molecule has 16 heteroatoms. The molecule has 2 heterocycles. The number of nitrogens with one attached hydrogen (secondary N) is 1. The van der Waals surface area contributed by atoms with Gasteiger partial charge < -0.3 is 20.3 Å². The van der Waals surface area contributed by atoms with E-state index in [1.807, 2.05) is 0 Å². The first-order chi connectivity index (χ1) is 19.5. The minimum Gasteiger partial charge on any atom is -0.472 e. The smallest absolute Gasteiger partial charge is 0.411 e. The largest absolute Gasteiger partial charge is 0.472 e. The van der Waals surface area contributed by atoms with Crippen LogP contribution in [0.4, 0.5) is 4.79 Å². The highest BCUT2D eigenvalue weighted by atomic mass is 35.5. The van der Waals surface area contributed by atoms with Crippen LogP contribution in [0.25, 0.3) is 22.1 Å². The zero-order valence-electron chi connectivity index (χ0n) is 20.7. The van der Waals surface area contributed by atoms with Gasteiger partial charge in [-0.15, -0.1) is 0 Å². The predicted molar refractivity (Wildman–Crippen MR) is 155 cm³/mol. The molecule has 4 N–H and O–H groups in total. The fraction of sp³-hybridized carbons (Fsp3) is 0.0800. The van der Waals surface area contributed by atoms with Gasteiger partial charge in [0.1, 0.15) is 18.7 Å². The summed E-state index contributed by atoms with van der Waals surface area (Å²) in [5.74, 6) is -1.83. The van der Waals surface area contributed by atoms with Crippen LogP contribution in [-0.2, 0) is 0 Å². The maximum absolute atomic E-state index is 11.9. The van der Waals surface area contributed by atoms with Crippen LogP contribution in [0.5, 0.6) is 11.8 Å². The second-order valence-electron chi connectivity index (χ2n) is 7.56. The molecule has 12 nitrogen and oxygen atoms in total. The van der Waals surface area contributed by atoms with Gasteiger partial charge >= 0.3 is 6.09 Å². The monoisotopic (exact) mass is 638 g/mol. The molecule has 0 saturated carbocycles. The maximum Gasteiger partial charge on any atom is 0.411 e. The SMILES string of the molecule is C=CCOc1nc2c(Cl)c(Cl)ccc2nc1C(N)=O.C=CCOc1nc2cc(Cl)c(Cl)cc2nc1C(=O)NC(=O)O. The molecule has 0 aliphatic heterocycles. The van der Waals surface area contributed by atoms with Crippen LogP contribution in [0, 0.1) is 0 Å². The molecule has 0 radical (unpaired) electrons. The summed E-state index contributed by atoms with van der Waals surface area (Å²) in [4.78, 5) is 50.2. The third-order valence-electron chi connectivity index (χ3n) is 4.71. The molecule has 0 spiro atoms. The van der Waals surface area contributed by atoms with Gasteiger partial charge in [-0.1, -0.05) is 71.7 Å². The number of nitrogens with zero attached hydrogens (tertiary/aromatic N) is 4. The lowest BCUT2D eigenvalue weighted by atomic mass is 10.2. The summed E-state index contributed by atoms with van der Waals surface area (Å²) >= 11 is 23.7. The van der Waals surface area contributed by atoms with E-state index in [1.54, 1.807) is 17.4 Å². The Morgan fingerprint density at radius 1 is 0.829 bits per heavy atom. The molecule has 41 heavy (non-hydrogen) atoms. The zero-order valence-corrected chi connectivity index (χ0v) is 23.7. The van der Waals surface area contributed by atoms with Gasteiger partial charge in [0, 0.05) is 0 Å². The number of carbonyl (C=O) groups excluding carboxylic acids is 2. The topological polar surface area (TPSA) is 180 Å². The fourth-order valence-electron chi connectivity index (χ4n) is 3.03. The van der Waals surface area contributed by atoms with Crippen LogP contribution in [0.3, 0.4) is 0 Å². The first-order valence-electron chi connectivity index (χ1n) is 11.1. The van der Waals surface area contributed by atoms with Crippen molar-refractivity contribution < 1.29 is 29.0 Å². The second kappa shape index (κ2) is 13.9. The number of nitrogens with two attached hydrogens (primary N) is 1. The number of aromatic nitrogens is 4. The first-order valence-corrected chi connectivity index (χ1v) is 12.6. The Balaban J connectivity index is 0.000000228. The minimum absolute atomic E-state index is 0.00377. The van der Waals surface area contributed by atoms with E-state index in [4.69, 9.17) is 66.7 Å². The van der Waals surface area contributed by atoms with E-state index >= 15 is 0 Å². The molecular formula is C25H18Cl4N6O6. The van der Waals surface area contributed by atoms with Gasteiger partial charge in [-0.3, -0.25) is 14.9 Å². The number of fused-ring (bicyclic) bond motifs is 2. The van der Waals surface area contributed by atoms with Crippen LogP contribution in [0.15, 0.2) is 49.6 Å². The summed E-state index contributed by atoms with van der Waals surface area (Å²) in [5, 5.41) is 11.4. The number of carbonyl (C=O) groups is 3. The summed E-state index contributed by atoms with van der Waals surface area (Å²) in [6, 6.07) is 6.04. The molecule has 212 valence electrons. The summed E-state index contributed by atoms with van der Waals surface area (Å²) in [6.45, 7) is 7.22. The van der Waals surface area contributed by atoms with Crippen molar-refractivity contribution in [1.82, 2.24) is 25.3 Å². The molecule has 0 fully saturated rings. The third kappa shape index (κ3) is 7.70. The van der Waals surface area contributed by atoms with E-state index in [0.29, 0.717) is 21.6 Å². The predicted octanol–water partition coefficient (Wildman–Crippen LogP) is 5.51. The molecule has 2 aromatic carbocycles. The number of hydrogen-bond acceptors (Lipinski definition) is 9. The van der Waals surface area contributed by atoms with Crippen molar-refractivity contribution in [3.63, 3.8) is 0 Å². The highest BCUT2D eigenvalue weighted by molar-refractivity contribution is 6.45. The number of carboxylic acid groups (broad SMARTS) is 1. The normalized spacial score (nSPS) is 10.3. The summed E-state index contributed by atoms with van der Waals surface area (Å²) in [7, 11) is 0. The molecule has 0 aliphatic rings. The molecule has 0 aliphatic carbocycles. The van der Waals surface area contributed by atoms with Crippen molar-refractivity contribution in [3.8, 4) is 11.8 Å². The Hall–Kier alpha value is -4.23. The van der Waals surface area contributed by atoms with Crippen LogP contribution in [0.2, 0.25) is 20.1 Å². The van der Waals surface area contributed by atoms with Gasteiger partial charge in [0.05, 0.1) is 36.6 Å². The quantitative estimate of drug-likeness (QED) is 0.208. The van der Waals surface area contributed by atoms with Crippen LogP contribution in [-0.4, -0.2) is 56.2 Å². The standard InChI is InChI=1S/C13H9Cl2N3O4.C12H9Cl2N3O2/c1-2-3-22-12-10(11(19)18-13(20)21)16-8-4-6(14)7(15)5-9(8)17-12;1-2-5-19-12-10(11(15)18)16-7-4-3-6(13)8(14)9(7)17-12/h2,4-5H,1,3H2,(H,18,19)(H,20,21);2-4H,1,5H2,(H2,15,18). The number of hydrogen-bond donors (Lipinski definition) is 3. The Labute approximate surface area is 251 Å². The molecule has 0 saturated heterocycles. The second-order valence-corrected chi connectivity index (χ2v) is 9.16. The van der Waals surface area contributed by atoms with E-state index < -0.39 is 17.9 Å². The van der Waals surface area contributed by atoms with Gasteiger partial charge in [-0.25, -0.2) is 24.7 Å². The Bertz CT molecular complexity index is 1700. The van der Waals surface area contributed by atoms with Gasteiger partial charge in [0.2, 0.25) is 11.8 Å². The van der Waals surface area contributed by atoms with E-state index in [1.165, 1.54) is 24.3 Å². The molecule has 0 unspecified atom stereocenters. The van der Waals surface area contributed by atoms with Crippen LogP contribution >= 0.6 is 46.4 Å². The molecule has 0 bridgehead atoms. The van der Waals surface area contributed by atoms with E-state index in [0.717, 1.165) is 0 Å². The van der Waals surface area contributed by atoms with Crippen LogP contribution < -0.4 is 20.5 Å². The van der Waals surface area contributed by atoms with E-state index in [-0.39, 0.29) is 56.9 Å². The molecule has 4 rings (SSSR count). The number of amides is 3. The number of imide groups is 1. The van der Waals surface area contributed by atoms with Gasteiger partial charge in [0.15, 0.2) is 11.4 Å². The van der Waals surface area contributed by atoms with Crippen molar-refractivity contribution in [3.05, 3.63) is 81.1 Å². The number of halogens is 4. The van der Waals surface area contributed by atoms with Crippen molar-refractivity contribution in [2.75, 3.05) is 13.2 Å². The van der Waals surface area contributed by atoms with Crippen molar-refractivity contribution >= 4 is 86.4 Å². The molecule has 2 aromatic heterocycles. The molecule has 3 amide bonds. The average molecular weight is 640 g/mol. The van der Waals surface area contributed by atoms with Gasteiger partial charge in [-0.05, 0) is 24.3 Å². The Morgan fingerprint density at radius 3 is 1.90 bits per heavy atom. The minimum atomic E-state index is -1.52. The molecule has 4 aromatic rings. The van der Waals surface area contributed by atoms with Crippen molar-refractivity contribution in [2.45, 2.75) is 0 Å². The lowest BCUT2D eigenvalue weighted by Gasteiger charge is -2.09. The summed E-state index contributed by atoms with van der Waals surface area (Å²) in [6.07, 6.45) is 1.44.